The van der Waals surface area contributed by atoms with Gasteiger partial charge < -0.3 is 10.6 Å². The van der Waals surface area contributed by atoms with Gasteiger partial charge in [-0.1, -0.05) is 24.3 Å². The number of nitrogens with one attached hydrogen (secondary N) is 2. The Morgan fingerprint density at radius 2 is 2.12 bits per heavy atom. The van der Waals surface area contributed by atoms with E-state index in [9.17, 15) is 8.42 Å². The number of guanidine groups is 1. The van der Waals surface area contributed by atoms with Crippen LogP contribution in [0.1, 0.15) is 17.5 Å². The average molecular weight is 361 g/mol. The second kappa shape index (κ2) is 7.69. The summed E-state index contributed by atoms with van der Waals surface area (Å²) in [7, 11) is -1.22. The summed E-state index contributed by atoms with van der Waals surface area (Å²) in [5.41, 5.74) is 2.33. The highest BCUT2D eigenvalue weighted by atomic mass is 32.2. The maximum Gasteiger partial charge on any atom is 0.191 e. The van der Waals surface area contributed by atoms with Gasteiger partial charge in [0.2, 0.25) is 0 Å². The van der Waals surface area contributed by atoms with Gasteiger partial charge in [-0.05, 0) is 23.6 Å². The van der Waals surface area contributed by atoms with E-state index >= 15 is 0 Å². The Labute approximate surface area is 148 Å². The lowest BCUT2D eigenvalue weighted by molar-refractivity contribution is 0.599. The molecule has 8 heteroatoms. The molecule has 1 saturated heterocycles. The van der Waals surface area contributed by atoms with Crippen LogP contribution in [0.25, 0.3) is 0 Å². The molecule has 1 aliphatic heterocycles. The van der Waals surface area contributed by atoms with Gasteiger partial charge in [0.05, 0.1) is 18.1 Å². The lowest BCUT2D eigenvalue weighted by Gasteiger charge is -2.17. The number of hydrogen-bond acceptors (Lipinski definition) is 4. The van der Waals surface area contributed by atoms with E-state index in [4.69, 9.17) is 0 Å². The minimum atomic E-state index is -2.91. The van der Waals surface area contributed by atoms with E-state index in [1.165, 1.54) is 5.56 Å². The Balaban J connectivity index is 1.60. The third-order valence-electron chi connectivity index (χ3n) is 4.25. The van der Waals surface area contributed by atoms with Crippen molar-refractivity contribution in [3.8, 4) is 0 Å². The van der Waals surface area contributed by atoms with Gasteiger partial charge in [0.1, 0.15) is 0 Å². The molecule has 2 heterocycles. The summed E-state index contributed by atoms with van der Waals surface area (Å²) >= 11 is 0. The molecule has 2 N–H and O–H groups in total. The fraction of sp³-hybridized carbons (Fsp3) is 0.412. The Hall–Kier alpha value is -2.35. The van der Waals surface area contributed by atoms with E-state index in [0.29, 0.717) is 25.5 Å². The molecular formula is C17H23N5O2S. The van der Waals surface area contributed by atoms with Crippen molar-refractivity contribution >= 4 is 15.8 Å². The average Bonchev–Trinajstić information content (AvgIpc) is 3.22. The minimum Gasteiger partial charge on any atom is -0.353 e. The molecule has 1 aromatic heterocycles. The summed E-state index contributed by atoms with van der Waals surface area (Å²) in [5, 5.41) is 10.7. The molecule has 0 radical (unpaired) electrons. The lowest BCUT2D eigenvalue weighted by atomic mass is 10.1. The van der Waals surface area contributed by atoms with Crippen LogP contribution in [-0.2, 0) is 22.9 Å². The summed E-state index contributed by atoms with van der Waals surface area (Å²) in [6, 6.07) is 10.00. The van der Waals surface area contributed by atoms with Crippen LogP contribution in [0.15, 0.2) is 47.7 Å². The van der Waals surface area contributed by atoms with Crippen LogP contribution in [0.2, 0.25) is 0 Å². The lowest BCUT2D eigenvalue weighted by Crippen LogP contribution is -2.43. The van der Waals surface area contributed by atoms with Crippen molar-refractivity contribution in [3.05, 3.63) is 53.9 Å². The molecule has 0 amide bonds. The van der Waals surface area contributed by atoms with Crippen LogP contribution in [0, 0.1) is 0 Å². The number of aliphatic imine (C=N–C) groups is 1. The van der Waals surface area contributed by atoms with Gasteiger partial charge in [0, 0.05) is 32.0 Å². The summed E-state index contributed by atoms with van der Waals surface area (Å²) < 4.78 is 25.0. The van der Waals surface area contributed by atoms with E-state index in [0.717, 1.165) is 5.56 Å². The Morgan fingerprint density at radius 1 is 1.32 bits per heavy atom. The van der Waals surface area contributed by atoms with E-state index in [1.54, 1.807) is 13.2 Å². The van der Waals surface area contributed by atoms with Crippen LogP contribution in [0.4, 0.5) is 0 Å². The van der Waals surface area contributed by atoms with Crippen LogP contribution in [0.3, 0.4) is 0 Å². The van der Waals surface area contributed by atoms with Crippen molar-refractivity contribution in [2.75, 3.05) is 18.6 Å². The molecule has 7 nitrogen and oxygen atoms in total. The number of aromatic nitrogens is 2. The fourth-order valence-corrected chi connectivity index (χ4v) is 4.60. The zero-order valence-corrected chi connectivity index (χ0v) is 15.0. The summed E-state index contributed by atoms with van der Waals surface area (Å²) in [6.45, 7) is 1.31. The van der Waals surface area contributed by atoms with E-state index in [-0.39, 0.29) is 17.5 Å². The number of benzene rings is 1. The highest BCUT2D eigenvalue weighted by Crippen LogP contribution is 2.12. The predicted molar refractivity (Wildman–Crippen MR) is 98.2 cm³/mol. The molecule has 0 aliphatic carbocycles. The third kappa shape index (κ3) is 4.82. The maximum absolute atomic E-state index is 11.6. The smallest absolute Gasteiger partial charge is 0.191 e. The number of hydrogen-bond donors (Lipinski definition) is 2. The first-order valence-electron chi connectivity index (χ1n) is 8.27. The number of rotatable bonds is 5. The Kier molecular flexibility index (Phi) is 5.37. The first kappa shape index (κ1) is 17.5. The van der Waals surface area contributed by atoms with E-state index in [2.05, 4.69) is 32.9 Å². The van der Waals surface area contributed by atoms with Crippen LogP contribution < -0.4 is 10.6 Å². The second-order valence-electron chi connectivity index (χ2n) is 6.14. The topological polar surface area (TPSA) is 88.4 Å². The SMILES string of the molecule is CN=C(NCc1ccccc1Cn1cccn1)NC1CCS(=O)(=O)C1. The normalized spacial score (nSPS) is 19.7. The quantitative estimate of drug-likeness (QED) is 0.607. The fourth-order valence-electron chi connectivity index (χ4n) is 2.93. The molecule has 2 aromatic rings. The summed E-state index contributed by atoms with van der Waals surface area (Å²) in [6.07, 6.45) is 4.33. The Bertz CT molecular complexity index is 830. The first-order valence-corrected chi connectivity index (χ1v) is 10.1. The van der Waals surface area contributed by atoms with Crippen molar-refractivity contribution < 1.29 is 8.42 Å². The van der Waals surface area contributed by atoms with Crippen molar-refractivity contribution in [1.82, 2.24) is 20.4 Å². The van der Waals surface area contributed by atoms with Crippen LogP contribution >= 0.6 is 0 Å². The van der Waals surface area contributed by atoms with Crippen molar-refractivity contribution in [2.24, 2.45) is 4.99 Å². The molecule has 1 fully saturated rings. The van der Waals surface area contributed by atoms with Gasteiger partial charge in [-0.25, -0.2) is 8.42 Å². The standard InChI is InChI=1S/C17H23N5O2S/c1-18-17(21-16-7-10-25(23,24)13-16)19-11-14-5-2-3-6-15(14)12-22-9-4-8-20-22/h2-6,8-9,16H,7,10-13H2,1H3,(H2,18,19,21). The molecule has 0 spiro atoms. The van der Waals surface area contributed by atoms with Gasteiger partial charge in [-0.2, -0.15) is 5.10 Å². The molecule has 1 aromatic carbocycles. The van der Waals surface area contributed by atoms with Gasteiger partial charge >= 0.3 is 0 Å². The van der Waals surface area contributed by atoms with E-state index < -0.39 is 9.84 Å². The molecule has 134 valence electrons. The van der Waals surface area contributed by atoms with Crippen molar-refractivity contribution in [3.63, 3.8) is 0 Å². The molecule has 1 unspecified atom stereocenters. The minimum absolute atomic E-state index is 0.0736. The highest BCUT2D eigenvalue weighted by Gasteiger charge is 2.28. The molecular weight excluding hydrogens is 338 g/mol. The van der Waals surface area contributed by atoms with Gasteiger partial charge in [0.25, 0.3) is 0 Å². The highest BCUT2D eigenvalue weighted by molar-refractivity contribution is 7.91. The second-order valence-corrected chi connectivity index (χ2v) is 8.37. The largest absolute Gasteiger partial charge is 0.353 e. The van der Waals surface area contributed by atoms with Gasteiger partial charge in [0.15, 0.2) is 15.8 Å². The third-order valence-corrected chi connectivity index (χ3v) is 6.02. The zero-order chi connectivity index (χ0) is 17.7. The first-order chi connectivity index (χ1) is 12.1. The molecule has 0 bridgehead atoms. The molecule has 1 atom stereocenters. The zero-order valence-electron chi connectivity index (χ0n) is 14.2. The molecule has 25 heavy (non-hydrogen) atoms. The maximum atomic E-state index is 11.6. The molecule has 0 saturated carbocycles. The van der Waals surface area contributed by atoms with E-state index in [1.807, 2.05) is 29.1 Å². The predicted octanol–water partition coefficient (Wildman–Crippen LogP) is 0.784. The van der Waals surface area contributed by atoms with Crippen molar-refractivity contribution in [1.29, 1.82) is 0 Å². The number of nitrogens with zero attached hydrogens (tertiary/aromatic N) is 3. The summed E-state index contributed by atoms with van der Waals surface area (Å²) in [4.78, 5) is 4.20. The van der Waals surface area contributed by atoms with Gasteiger partial charge in [-0.15, -0.1) is 0 Å². The van der Waals surface area contributed by atoms with Crippen molar-refractivity contribution in [2.45, 2.75) is 25.6 Å². The van der Waals surface area contributed by atoms with Gasteiger partial charge in [-0.3, -0.25) is 9.67 Å². The van der Waals surface area contributed by atoms with Crippen LogP contribution in [0.5, 0.6) is 0 Å². The molecule has 1 aliphatic rings. The molecule has 3 rings (SSSR count). The van der Waals surface area contributed by atoms with Crippen LogP contribution in [-0.4, -0.2) is 48.8 Å². The Morgan fingerprint density at radius 3 is 2.76 bits per heavy atom. The summed E-state index contributed by atoms with van der Waals surface area (Å²) in [5.74, 6) is 1.04. The number of sulfone groups is 1. The monoisotopic (exact) mass is 361 g/mol.